The zero-order valence-corrected chi connectivity index (χ0v) is 12.4. The monoisotopic (exact) mass is 264 g/mol. The second kappa shape index (κ2) is 6.06. The molecule has 0 heterocycles. The number of rotatable bonds is 3. The third-order valence-corrected chi connectivity index (χ3v) is 2.70. The molecule has 0 aromatic heterocycles. The molecule has 0 aliphatic rings. The summed E-state index contributed by atoms with van der Waals surface area (Å²) in [6.07, 6.45) is -0.492. The summed E-state index contributed by atoms with van der Waals surface area (Å²) in [6, 6.07) is 7.09. The molecule has 0 radical (unpaired) electrons. The molecule has 0 fully saturated rings. The van der Waals surface area contributed by atoms with Crippen LogP contribution in [0.3, 0.4) is 0 Å². The van der Waals surface area contributed by atoms with E-state index in [2.05, 4.69) is 26.1 Å². The molecule has 0 saturated heterocycles. The summed E-state index contributed by atoms with van der Waals surface area (Å²) in [5.41, 5.74) is 1.64. The maximum absolute atomic E-state index is 12.0. The Morgan fingerprint density at radius 3 is 2.26 bits per heavy atom. The molecule has 106 valence electrons. The maximum atomic E-state index is 12.0. The number of aliphatic hydroxyl groups is 1. The van der Waals surface area contributed by atoms with Crippen molar-refractivity contribution >= 4 is 11.7 Å². The fourth-order valence-electron chi connectivity index (χ4n) is 1.85. The zero-order valence-electron chi connectivity index (χ0n) is 12.4. The van der Waals surface area contributed by atoms with Crippen molar-refractivity contribution in [1.29, 1.82) is 0 Å². The molecule has 0 aliphatic carbocycles. The van der Waals surface area contributed by atoms with Gasteiger partial charge in [-0.05, 0) is 30.0 Å². The molecule has 2 N–H and O–H groups in total. The third kappa shape index (κ3) is 5.30. The Balaban J connectivity index is 2.61. The summed E-state index contributed by atoms with van der Waals surface area (Å²) in [5, 5.41) is 12.3. The summed E-state index contributed by atoms with van der Waals surface area (Å²) >= 11 is 0. The van der Waals surface area contributed by atoms with E-state index in [1.54, 1.807) is 31.0 Å². The van der Waals surface area contributed by atoms with Gasteiger partial charge in [-0.2, -0.15) is 0 Å². The van der Waals surface area contributed by atoms with Crippen LogP contribution >= 0.6 is 0 Å². The van der Waals surface area contributed by atoms with E-state index in [4.69, 9.17) is 0 Å². The van der Waals surface area contributed by atoms with E-state index in [0.29, 0.717) is 6.54 Å². The van der Waals surface area contributed by atoms with E-state index in [1.165, 1.54) is 0 Å². The van der Waals surface area contributed by atoms with Crippen LogP contribution in [0.5, 0.6) is 0 Å². The first-order valence-corrected chi connectivity index (χ1v) is 6.49. The van der Waals surface area contributed by atoms with Crippen molar-refractivity contribution in [2.45, 2.75) is 33.8 Å². The molecule has 2 amide bonds. The molecule has 4 heteroatoms. The first-order valence-electron chi connectivity index (χ1n) is 6.49. The van der Waals surface area contributed by atoms with E-state index in [1.807, 2.05) is 12.1 Å². The topological polar surface area (TPSA) is 52.6 Å². The van der Waals surface area contributed by atoms with Crippen molar-refractivity contribution in [3.05, 3.63) is 29.8 Å². The number of hydrogen-bond donors (Lipinski definition) is 2. The number of hydrogen-bond acceptors (Lipinski definition) is 2. The lowest BCUT2D eigenvalue weighted by Crippen LogP contribution is -2.37. The summed E-state index contributed by atoms with van der Waals surface area (Å²) in [6.45, 7) is 8.67. The van der Waals surface area contributed by atoms with Crippen molar-refractivity contribution in [3.63, 3.8) is 0 Å². The van der Waals surface area contributed by atoms with Gasteiger partial charge in [0.15, 0.2) is 0 Å². The molecule has 0 saturated carbocycles. The van der Waals surface area contributed by atoms with Gasteiger partial charge in [-0.3, -0.25) is 0 Å². The minimum absolute atomic E-state index is 0.0717. The molecule has 0 aliphatic heterocycles. The maximum Gasteiger partial charge on any atom is 0.321 e. The summed E-state index contributed by atoms with van der Waals surface area (Å²) < 4.78 is 0. The van der Waals surface area contributed by atoms with Crippen LogP contribution in [0.2, 0.25) is 0 Å². The Labute approximate surface area is 115 Å². The fraction of sp³-hybridized carbons (Fsp3) is 0.533. The van der Waals surface area contributed by atoms with Crippen molar-refractivity contribution < 1.29 is 9.90 Å². The quantitative estimate of drug-likeness (QED) is 0.880. The molecule has 4 nitrogen and oxygen atoms in total. The first-order chi connectivity index (χ1) is 8.69. The molecular weight excluding hydrogens is 240 g/mol. The predicted molar refractivity (Wildman–Crippen MR) is 78.2 cm³/mol. The summed E-state index contributed by atoms with van der Waals surface area (Å²) in [5.74, 6) is 0. The summed E-state index contributed by atoms with van der Waals surface area (Å²) in [7, 11) is 1.78. The lowest BCUT2D eigenvalue weighted by atomic mass is 9.96. The molecule has 19 heavy (non-hydrogen) atoms. The van der Waals surface area contributed by atoms with Crippen molar-refractivity contribution in [2.24, 2.45) is 5.41 Å². The highest BCUT2D eigenvalue weighted by Crippen LogP contribution is 2.17. The zero-order chi connectivity index (χ0) is 14.6. The van der Waals surface area contributed by atoms with Gasteiger partial charge in [-0.1, -0.05) is 32.9 Å². The number of carbonyl (C=O) groups is 1. The Morgan fingerprint density at radius 1 is 1.32 bits per heavy atom. The summed E-state index contributed by atoms with van der Waals surface area (Å²) in [4.78, 5) is 13.6. The fourth-order valence-corrected chi connectivity index (χ4v) is 1.85. The van der Waals surface area contributed by atoms with E-state index < -0.39 is 6.10 Å². The third-order valence-electron chi connectivity index (χ3n) is 2.70. The normalized spacial score (nSPS) is 12.9. The second-order valence-electron chi connectivity index (χ2n) is 6.14. The molecule has 0 bridgehead atoms. The van der Waals surface area contributed by atoms with Crippen molar-refractivity contribution in [1.82, 2.24) is 4.90 Å². The van der Waals surface area contributed by atoms with Gasteiger partial charge in [0.25, 0.3) is 0 Å². The molecular formula is C15H24N2O2. The van der Waals surface area contributed by atoms with Crippen molar-refractivity contribution in [3.8, 4) is 0 Å². The van der Waals surface area contributed by atoms with Gasteiger partial charge in [-0.15, -0.1) is 0 Å². The van der Waals surface area contributed by atoms with Gasteiger partial charge < -0.3 is 15.3 Å². The number of benzene rings is 1. The lowest BCUT2D eigenvalue weighted by Gasteiger charge is -2.26. The number of urea groups is 1. The highest BCUT2D eigenvalue weighted by molar-refractivity contribution is 5.89. The van der Waals surface area contributed by atoms with Crippen LogP contribution in [0.15, 0.2) is 24.3 Å². The van der Waals surface area contributed by atoms with Gasteiger partial charge in [0, 0.05) is 19.3 Å². The standard InChI is InChI=1S/C15H24N2O2/c1-11(18)12-6-8-13(9-7-12)16-14(19)17(5)10-15(2,3)4/h6-9,11,18H,10H2,1-5H3,(H,16,19). The first kappa shape index (κ1) is 15.5. The molecule has 1 rings (SSSR count). The van der Waals surface area contributed by atoms with Gasteiger partial charge in [0.05, 0.1) is 6.10 Å². The largest absolute Gasteiger partial charge is 0.389 e. The van der Waals surface area contributed by atoms with Gasteiger partial charge in [-0.25, -0.2) is 4.79 Å². The molecule has 1 unspecified atom stereocenters. The van der Waals surface area contributed by atoms with E-state index in [-0.39, 0.29) is 11.4 Å². The highest BCUT2D eigenvalue weighted by atomic mass is 16.3. The molecule has 1 atom stereocenters. The van der Waals surface area contributed by atoms with Crippen LogP contribution in [0.4, 0.5) is 10.5 Å². The Hall–Kier alpha value is -1.55. The number of carbonyl (C=O) groups excluding carboxylic acids is 1. The molecule has 1 aromatic carbocycles. The van der Waals surface area contributed by atoms with Gasteiger partial charge >= 0.3 is 6.03 Å². The average molecular weight is 264 g/mol. The minimum atomic E-state index is -0.492. The Kier molecular flexibility index (Phi) is 4.95. The SMILES string of the molecule is CC(O)c1ccc(NC(=O)N(C)CC(C)(C)C)cc1. The second-order valence-corrected chi connectivity index (χ2v) is 6.14. The smallest absolute Gasteiger partial charge is 0.321 e. The van der Waals surface area contributed by atoms with Crippen LogP contribution < -0.4 is 5.32 Å². The average Bonchev–Trinajstić information content (AvgIpc) is 2.27. The Morgan fingerprint density at radius 2 is 1.84 bits per heavy atom. The van der Waals surface area contributed by atoms with E-state index >= 15 is 0 Å². The van der Waals surface area contributed by atoms with Crippen LogP contribution in [0, 0.1) is 5.41 Å². The minimum Gasteiger partial charge on any atom is -0.389 e. The van der Waals surface area contributed by atoms with Crippen LogP contribution in [-0.2, 0) is 0 Å². The molecule has 1 aromatic rings. The predicted octanol–water partition coefficient (Wildman–Crippen LogP) is 3.25. The number of nitrogens with one attached hydrogen (secondary N) is 1. The van der Waals surface area contributed by atoms with Crippen LogP contribution in [0.1, 0.15) is 39.4 Å². The highest BCUT2D eigenvalue weighted by Gasteiger charge is 2.17. The van der Waals surface area contributed by atoms with Gasteiger partial charge in [0.1, 0.15) is 0 Å². The molecule has 0 spiro atoms. The van der Waals surface area contributed by atoms with Crippen molar-refractivity contribution in [2.75, 3.05) is 18.9 Å². The van der Waals surface area contributed by atoms with Crippen LogP contribution in [-0.4, -0.2) is 29.6 Å². The lowest BCUT2D eigenvalue weighted by molar-refractivity contribution is 0.199. The number of anilines is 1. The van der Waals surface area contributed by atoms with Crippen LogP contribution in [0.25, 0.3) is 0 Å². The Bertz CT molecular complexity index is 419. The van der Waals surface area contributed by atoms with E-state index in [9.17, 15) is 9.90 Å². The van der Waals surface area contributed by atoms with E-state index in [0.717, 1.165) is 11.3 Å². The number of nitrogens with zero attached hydrogens (tertiary/aromatic N) is 1. The number of amides is 2. The number of aliphatic hydroxyl groups excluding tert-OH is 1. The van der Waals surface area contributed by atoms with Gasteiger partial charge in [0.2, 0.25) is 0 Å².